The smallest absolute Gasteiger partial charge is 0.262 e. The number of nitrogens with zero attached hydrogens (tertiary/aromatic N) is 2. The van der Waals surface area contributed by atoms with Crippen LogP contribution in [0.15, 0.2) is 59.7 Å². The number of hydrazone groups is 1. The number of anilines is 1. The second-order valence-electron chi connectivity index (χ2n) is 8.63. The molecule has 8 heteroatoms. The third-order valence-electron chi connectivity index (χ3n) is 6.42. The van der Waals surface area contributed by atoms with Crippen molar-refractivity contribution < 1.29 is 19.1 Å². The van der Waals surface area contributed by atoms with Crippen LogP contribution in [0.2, 0.25) is 5.02 Å². The Morgan fingerprint density at radius 3 is 2.42 bits per heavy atom. The number of aryl methyl sites for hydroxylation is 1. The zero-order chi connectivity index (χ0) is 23.1. The summed E-state index contributed by atoms with van der Waals surface area (Å²) in [6, 6.07) is 12.4. The number of rotatable bonds is 6. The van der Waals surface area contributed by atoms with Crippen LogP contribution in [0.4, 0.5) is 5.69 Å². The normalized spacial score (nSPS) is 25.2. The molecule has 0 spiro atoms. The first-order chi connectivity index (χ1) is 15.9. The van der Waals surface area contributed by atoms with E-state index in [1.54, 1.807) is 18.2 Å². The van der Waals surface area contributed by atoms with E-state index in [9.17, 15) is 14.4 Å². The molecule has 168 valence electrons. The monoisotopic (exact) mass is 463 g/mol. The number of carbonyl (C=O) groups excluding carboxylic acids is 3. The molecule has 7 nitrogen and oxygen atoms in total. The SMILES string of the molecule is Cc1ccc(NC(=O)COc2ccc(C=NN3C(=O)[C@@H]4[C@H](C3=O)[C@H]3C=C[C@H]4C3)cc2Cl)cc1. The average molecular weight is 464 g/mol. The van der Waals surface area contributed by atoms with Gasteiger partial charge >= 0.3 is 0 Å². The van der Waals surface area contributed by atoms with Crippen molar-refractivity contribution in [1.29, 1.82) is 0 Å². The molecule has 1 saturated carbocycles. The van der Waals surface area contributed by atoms with Crippen LogP contribution in [0.5, 0.6) is 5.75 Å². The van der Waals surface area contributed by atoms with Crippen LogP contribution < -0.4 is 10.1 Å². The topological polar surface area (TPSA) is 88.1 Å². The summed E-state index contributed by atoms with van der Waals surface area (Å²) in [6.45, 7) is 1.77. The van der Waals surface area contributed by atoms with E-state index in [0.29, 0.717) is 22.0 Å². The van der Waals surface area contributed by atoms with Gasteiger partial charge in [-0.2, -0.15) is 10.1 Å². The van der Waals surface area contributed by atoms with Gasteiger partial charge in [0.05, 0.1) is 23.1 Å². The highest BCUT2D eigenvalue weighted by molar-refractivity contribution is 6.32. The van der Waals surface area contributed by atoms with Crippen LogP contribution in [-0.2, 0) is 14.4 Å². The second kappa shape index (κ2) is 8.48. The molecular weight excluding hydrogens is 442 g/mol. The zero-order valence-electron chi connectivity index (χ0n) is 17.9. The minimum absolute atomic E-state index is 0.144. The van der Waals surface area contributed by atoms with Gasteiger partial charge in [0.2, 0.25) is 0 Å². The molecule has 0 aromatic heterocycles. The molecule has 33 heavy (non-hydrogen) atoms. The molecule has 2 aliphatic carbocycles. The largest absolute Gasteiger partial charge is 0.482 e. The fourth-order valence-electron chi connectivity index (χ4n) is 4.82. The summed E-state index contributed by atoms with van der Waals surface area (Å²) >= 11 is 6.29. The lowest BCUT2D eigenvalue weighted by atomic mass is 9.85. The molecule has 5 rings (SSSR count). The predicted octanol–water partition coefficient (Wildman–Crippen LogP) is 3.81. The van der Waals surface area contributed by atoms with E-state index in [1.807, 2.05) is 43.3 Å². The van der Waals surface area contributed by atoms with Gasteiger partial charge < -0.3 is 10.1 Å². The molecule has 2 aromatic rings. The molecular formula is C25H22ClN3O4. The number of hydrogen-bond acceptors (Lipinski definition) is 5. The Balaban J connectivity index is 1.19. The molecule has 3 aliphatic rings. The number of fused-ring (bicyclic) bond motifs is 5. The average Bonchev–Trinajstić information content (AvgIpc) is 3.47. The molecule has 0 radical (unpaired) electrons. The number of halogens is 1. The Bertz CT molecular complexity index is 1160. The quantitative estimate of drug-likeness (QED) is 0.401. The minimum Gasteiger partial charge on any atom is -0.482 e. The van der Waals surface area contributed by atoms with Gasteiger partial charge in [-0.25, -0.2) is 0 Å². The molecule has 1 aliphatic heterocycles. The van der Waals surface area contributed by atoms with Crippen LogP contribution in [0.25, 0.3) is 0 Å². The Hall–Kier alpha value is -3.45. The lowest BCUT2D eigenvalue weighted by Gasteiger charge is -2.13. The maximum atomic E-state index is 12.7. The van der Waals surface area contributed by atoms with Gasteiger partial charge in [-0.05, 0) is 61.1 Å². The summed E-state index contributed by atoms with van der Waals surface area (Å²) in [5.41, 5.74) is 2.39. The molecule has 2 fully saturated rings. The molecule has 2 aromatic carbocycles. The van der Waals surface area contributed by atoms with E-state index in [2.05, 4.69) is 10.4 Å². The van der Waals surface area contributed by atoms with E-state index in [4.69, 9.17) is 16.3 Å². The Labute approximate surface area is 196 Å². The van der Waals surface area contributed by atoms with E-state index in [1.165, 1.54) is 6.21 Å². The van der Waals surface area contributed by atoms with Crippen LogP contribution >= 0.6 is 11.6 Å². The van der Waals surface area contributed by atoms with Gasteiger partial charge in [-0.3, -0.25) is 14.4 Å². The number of hydrogen-bond donors (Lipinski definition) is 1. The van der Waals surface area contributed by atoms with E-state index in [0.717, 1.165) is 17.0 Å². The van der Waals surface area contributed by atoms with Gasteiger partial charge in [0, 0.05) is 5.69 Å². The van der Waals surface area contributed by atoms with Gasteiger partial charge in [0.15, 0.2) is 6.61 Å². The Morgan fingerprint density at radius 2 is 1.79 bits per heavy atom. The minimum atomic E-state index is -0.305. The van der Waals surface area contributed by atoms with Crippen molar-refractivity contribution >= 4 is 41.2 Å². The molecule has 2 bridgehead atoms. The van der Waals surface area contributed by atoms with Gasteiger partial charge in [-0.1, -0.05) is 41.4 Å². The maximum absolute atomic E-state index is 12.7. The number of nitrogens with one attached hydrogen (secondary N) is 1. The first-order valence-electron chi connectivity index (χ1n) is 10.8. The fourth-order valence-corrected chi connectivity index (χ4v) is 5.06. The van der Waals surface area contributed by atoms with Crippen LogP contribution in [0, 0.1) is 30.6 Å². The Kier molecular flexibility index (Phi) is 5.50. The highest BCUT2D eigenvalue weighted by Crippen LogP contribution is 2.52. The highest BCUT2D eigenvalue weighted by atomic mass is 35.5. The van der Waals surface area contributed by atoms with Crippen molar-refractivity contribution in [3.05, 3.63) is 70.8 Å². The van der Waals surface area contributed by atoms with Crippen molar-refractivity contribution in [2.75, 3.05) is 11.9 Å². The third kappa shape index (κ3) is 4.04. The van der Waals surface area contributed by atoms with Crippen molar-refractivity contribution in [2.45, 2.75) is 13.3 Å². The molecule has 1 N–H and O–H groups in total. The molecule has 1 saturated heterocycles. The molecule has 3 amide bonds. The first-order valence-corrected chi connectivity index (χ1v) is 11.2. The van der Waals surface area contributed by atoms with Crippen LogP contribution in [0.3, 0.4) is 0 Å². The van der Waals surface area contributed by atoms with Crippen molar-refractivity contribution in [1.82, 2.24) is 5.01 Å². The van der Waals surface area contributed by atoms with E-state index >= 15 is 0 Å². The summed E-state index contributed by atoms with van der Waals surface area (Å²) in [6.07, 6.45) is 6.41. The lowest BCUT2D eigenvalue weighted by Crippen LogP contribution is -2.28. The molecule has 0 unspecified atom stereocenters. The highest BCUT2D eigenvalue weighted by Gasteiger charge is 2.59. The standard InChI is InChI=1S/C25H22ClN3O4/c1-14-2-7-18(8-3-14)28-21(30)13-33-20-9-4-15(10-19(20)26)12-27-29-24(31)22-16-5-6-17(11-16)23(22)25(29)32/h2-10,12,16-17,22-23H,11,13H2,1H3,(H,28,30)/t16-,17-,22-,23+/m0/s1. The first kappa shape index (κ1) is 21.4. The van der Waals surface area contributed by atoms with E-state index in [-0.39, 0.29) is 48.0 Å². The lowest BCUT2D eigenvalue weighted by molar-refractivity contribution is -0.140. The fraction of sp³-hybridized carbons (Fsp3) is 0.280. The molecule has 4 atom stereocenters. The third-order valence-corrected chi connectivity index (χ3v) is 6.71. The number of imide groups is 1. The van der Waals surface area contributed by atoms with Crippen LogP contribution in [0.1, 0.15) is 17.5 Å². The number of carbonyl (C=O) groups is 3. The van der Waals surface area contributed by atoms with E-state index < -0.39 is 0 Å². The van der Waals surface area contributed by atoms with Crippen LogP contribution in [-0.4, -0.2) is 35.6 Å². The van der Waals surface area contributed by atoms with Gasteiger partial charge in [-0.15, -0.1) is 0 Å². The maximum Gasteiger partial charge on any atom is 0.262 e. The van der Waals surface area contributed by atoms with Crippen molar-refractivity contribution in [3.8, 4) is 5.75 Å². The molecule has 1 heterocycles. The predicted molar refractivity (Wildman–Crippen MR) is 124 cm³/mol. The van der Waals surface area contributed by atoms with Gasteiger partial charge in [0.1, 0.15) is 5.75 Å². The number of amides is 3. The summed E-state index contributed by atoms with van der Waals surface area (Å²) in [5, 5.41) is 8.19. The summed E-state index contributed by atoms with van der Waals surface area (Å²) in [5.74, 6) is -0.701. The summed E-state index contributed by atoms with van der Waals surface area (Å²) in [7, 11) is 0. The van der Waals surface area contributed by atoms with Crippen molar-refractivity contribution in [2.24, 2.45) is 28.8 Å². The number of ether oxygens (including phenoxy) is 1. The van der Waals surface area contributed by atoms with Gasteiger partial charge in [0.25, 0.3) is 17.7 Å². The summed E-state index contributed by atoms with van der Waals surface area (Å²) in [4.78, 5) is 37.5. The number of allylic oxidation sites excluding steroid dienone is 2. The zero-order valence-corrected chi connectivity index (χ0v) is 18.7. The second-order valence-corrected chi connectivity index (χ2v) is 9.03. The van der Waals surface area contributed by atoms with Crippen molar-refractivity contribution in [3.63, 3.8) is 0 Å². The summed E-state index contributed by atoms with van der Waals surface area (Å²) < 4.78 is 5.53. The number of benzene rings is 2. The Morgan fingerprint density at radius 1 is 1.12 bits per heavy atom.